The molecule has 0 aliphatic carbocycles. The van der Waals surface area contributed by atoms with E-state index < -0.39 is 7.89 Å². The number of hydrogen-bond acceptors (Lipinski definition) is 3. The van der Waals surface area contributed by atoms with Crippen LogP contribution in [0.5, 0.6) is 0 Å². The number of H-pyrrole nitrogens is 1. The summed E-state index contributed by atoms with van der Waals surface area (Å²) in [6, 6.07) is 0. The predicted molar refractivity (Wildman–Crippen MR) is 12.9 cm³/mol. The minimum absolute atomic E-state index is 1.78. The van der Waals surface area contributed by atoms with E-state index in [0.717, 1.165) is 0 Å². The number of rotatable bonds is 0. The average molecular weight is 94.0 g/mol. The first kappa shape index (κ1) is 2.72. The molecule has 0 aliphatic rings. The molecule has 0 fully saturated rings. The van der Waals surface area contributed by atoms with E-state index in [1.807, 2.05) is 5.33 Å². The Kier molecular flexibility index (Phi) is 0.394. The first-order chi connectivity index (χ1) is 2.39. The fourth-order valence-corrected chi connectivity index (χ4v) is 0.203. The molecular formula is HNO3P+. The molecule has 0 saturated carbocycles. The van der Waals surface area contributed by atoms with E-state index in [1.165, 1.54) is 0 Å². The standard InChI is InChI=1S/HNO3P/c2-5-3-1-4-5/h1H/q+1. The Morgan fingerprint density at radius 3 is 2.00 bits per heavy atom. The SMILES string of the molecule is O=[p+]1o[nH]o1. The summed E-state index contributed by atoms with van der Waals surface area (Å²) in [5.74, 6) is 0. The Bertz CT molecular complexity index is 121. The lowest BCUT2D eigenvalue weighted by atomic mass is 13.5. The zero-order chi connectivity index (χ0) is 3.70. The van der Waals surface area contributed by atoms with Crippen LogP contribution in [0.15, 0.2) is 8.61 Å². The maximum Gasteiger partial charge on any atom is 0.852 e. The normalized spacial score (nSPS) is 8.80. The van der Waals surface area contributed by atoms with Gasteiger partial charge in [0.1, 0.15) is 0 Å². The topological polar surface area (TPSA) is 59.1 Å². The van der Waals surface area contributed by atoms with Crippen molar-refractivity contribution >= 4 is 7.89 Å². The molecule has 0 atom stereocenters. The predicted octanol–water partition coefficient (Wildman–Crippen LogP) is 0.943. The van der Waals surface area contributed by atoms with Crippen molar-refractivity contribution in [2.24, 2.45) is 0 Å². The van der Waals surface area contributed by atoms with Gasteiger partial charge in [0.25, 0.3) is 0 Å². The zero-order valence-corrected chi connectivity index (χ0v) is 3.07. The van der Waals surface area contributed by atoms with Gasteiger partial charge in [-0.25, -0.2) is 0 Å². The molecule has 1 aromatic rings. The zero-order valence-electron chi connectivity index (χ0n) is 2.17. The molecule has 5 heteroatoms. The molecule has 0 aliphatic heterocycles. The molecule has 0 amide bonds. The summed E-state index contributed by atoms with van der Waals surface area (Å²) in [6.07, 6.45) is 0. The van der Waals surface area contributed by atoms with Gasteiger partial charge in [-0.15, -0.1) is 0 Å². The highest BCUT2D eigenvalue weighted by Gasteiger charge is 2.03. The van der Waals surface area contributed by atoms with Gasteiger partial charge in [-0.3, -0.25) is 0 Å². The van der Waals surface area contributed by atoms with Gasteiger partial charge < -0.3 is 0 Å². The van der Waals surface area contributed by atoms with Crippen LogP contribution in [0.2, 0.25) is 0 Å². The van der Waals surface area contributed by atoms with Gasteiger partial charge >= 0.3 is 7.89 Å². The molecule has 1 aromatic heterocycles. The molecule has 0 aromatic carbocycles. The van der Waals surface area contributed by atoms with E-state index >= 15 is 0 Å². The van der Waals surface area contributed by atoms with E-state index in [4.69, 9.17) is 0 Å². The minimum Gasteiger partial charge on any atom is -0.0881 e. The van der Waals surface area contributed by atoms with E-state index in [0.29, 0.717) is 0 Å². The monoisotopic (exact) mass is 94.0 g/mol. The Morgan fingerprint density at radius 1 is 1.60 bits per heavy atom. The first-order valence-corrected chi connectivity index (χ1v) is 2.05. The van der Waals surface area contributed by atoms with Crippen molar-refractivity contribution in [2.45, 2.75) is 0 Å². The second-order valence-electron chi connectivity index (χ2n) is 0.490. The van der Waals surface area contributed by atoms with Gasteiger partial charge in [0.05, 0.1) is 0 Å². The smallest absolute Gasteiger partial charge is 0.0881 e. The van der Waals surface area contributed by atoms with Crippen LogP contribution < -0.4 is 0 Å². The molecule has 28 valence electrons. The fourth-order valence-electron chi connectivity index (χ4n) is 0.0677. The quantitative estimate of drug-likeness (QED) is 0.520. The van der Waals surface area contributed by atoms with Gasteiger partial charge in [0.15, 0.2) is 0 Å². The lowest BCUT2D eigenvalue weighted by molar-refractivity contribution is 0.187. The first-order valence-electron chi connectivity index (χ1n) is 0.956. The van der Waals surface area contributed by atoms with Crippen LogP contribution in [0.1, 0.15) is 0 Å². The molecule has 1 heterocycles. The lowest BCUT2D eigenvalue weighted by Gasteiger charge is -1.56. The van der Waals surface area contributed by atoms with Crippen LogP contribution >= 0.6 is 7.89 Å². The molecule has 1 N–H and O–H groups in total. The summed E-state index contributed by atoms with van der Waals surface area (Å²) >= 11 is 0. The minimum atomic E-state index is -1.78. The highest BCUT2D eigenvalue weighted by molar-refractivity contribution is 7.22. The van der Waals surface area contributed by atoms with E-state index in [1.54, 1.807) is 0 Å². The third-order valence-electron chi connectivity index (χ3n) is 0.224. The average Bonchev–Trinajstić information content (AvgIpc) is 1.30. The molecule has 0 radical (unpaired) electrons. The maximum atomic E-state index is 9.54. The number of hydrogen-bond donors (Lipinski definition) is 1. The summed E-state index contributed by atoms with van der Waals surface area (Å²) in [5, 5.41) is 1.88. The number of nitrogens with one attached hydrogen (secondary N) is 1. The highest BCUT2D eigenvalue weighted by atomic mass is 31.1. The van der Waals surface area contributed by atoms with Crippen molar-refractivity contribution in [3.05, 3.63) is 0 Å². The third kappa shape index (κ3) is 0.260. The molecule has 0 bridgehead atoms. The highest BCUT2D eigenvalue weighted by Crippen LogP contribution is 2.07. The van der Waals surface area contributed by atoms with Crippen molar-refractivity contribution in [3.63, 3.8) is 0 Å². The second kappa shape index (κ2) is 0.723. The van der Waals surface area contributed by atoms with Crippen molar-refractivity contribution in [1.82, 2.24) is 5.33 Å². The summed E-state index contributed by atoms with van der Waals surface area (Å²) in [5.41, 5.74) is 0. The van der Waals surface area contributed by atoms with Crippen LogP contribution in [0.3, 0.4) is 0 Å². The lowest BCUT2D eigenvalue weighted by Crippen LogP contribution is -1.56. The summed E-state index contributed by atoms with van der Waals surface area (Å²) in [4.78, 5) is 0. The summed E-state index contributed by atoms with van der Waals surface area (Å²) in [6.45, 7) is 0. The van der Waals surface area contributed by atoms with Gasteiger partial charge in [0, 0.05) is 9.89 Å². The van der Waals surface area contributed by atoms with Crippen LogP contribution in [0.25, 0.3) is 0 Å². The van der Waals surface area contributed by atoms with Crippen LogP contribution in [-0.2, 0) is 4.57 Å². The van der Waals surface area contributed by atoms with Gasteiger partial charge in [-0.2, -0.15) is 0 Å². The summed E-state index contributed by atoms with van der Waals surface area (Å²) < 4.78 is 17.5. The Hall–Kier alpha value is -0.500. The largest absolute Gasteiger partial charge is 0.852 e. The summed E-state index contributed by atoms with van der Waals surface area (Å²) in [7, 11) is -1.78. The van der Waals surface area contributed by atoms with Gasteiger partial charge in [0.2, 0.25) is 0 Å². The van der Waals surface area contributed by atoms with Crippen LogP contribution in [0.4, 0.5) is 0 Å². The number of aromatic amines is 1. The molecule has 1 rings (SSSR count). The Labute approximate surface area is 27.6 Å². The van der Waals surface area contributed by atoms with Crippen molar-refractivity contribution in [2.75, 3.05) is 0 Å². The van der Waals surface area contributed by atoms with Crippen molar-refractivity contribution < 1.29 is 13.2 Å². The van der Waals surface area contributed by atoms with E-state index in [-0.39, 0.29) is 0 Å². The molecule has 0 unspecified atom stereocenters. The fraction of sp³-hybridized carbons (Fsp3) is 0. The van der Waals surface area contributed by atoms with Crippen molar-refractivity contribution in [3.8, 4) is 0 Å². The van der Waals surface area contributed by atoms with Crippen LogP contribution in [-0.4, -0.2) is 5.33 Å². The molecular weight excluding hydrogens is 93.0 g/mol. The number of aromatic nitrogens is 1. The Morgan fingerprint density at radius 2 is 2.00 bits per heavy atom. The third-order valence-corrected chi connectivity index (χ3v) is 0.671. The molecule has 5 heavy (non-hydrogen) atoms. The maximum absolute atomic E-state index is 9.54. The molecule has 0 saturated heterocycles. The molecule has 0 spiro atoms. The second-order valence-corrected chi connectivity index (χ2v) is 1.30. The molecule has 4 nitrogen and oxygen atoms in total. The van der Waals surface area contributed by atoms with Gasteiger partial charge in [-0.1, -0.05) is 8.61 Å². The van der Waals surface area contributed by atoms with Crippen molar-refractivity contribution in [1.29, 1.82) is 0 Å². The van der Waals surface area contributed by atoms with E-state index in [9.17, 15) is 4.57 Å². The van der Waals surface area contributed by atoms with Gasteiger partial charge in [-0.05, 0) is 0 Å². The van der Waals surface area contributed by atoms with E-state index in [2.05, 4.69) is 8.61 Å². The Balaban J connectivity index is 3.29. The van der Waals surface area contributed by atoms with Crippen LogP contribution in [0, 0.1) is 0 Å².